The van der Waals surface area contributed by atoms with E-state index in [2.05, 4.69) is 60.7 Å². The number of aromatic nitrogens is 2. The Bertz CT molecular complexity index is 2210. The summed E-state index contributed by atoms with van der Waals surface area (Å²) in [7, 11) is -17.4. The van der Waals surface area contributed by atoms with Gasteiger partial charge in [-0.25, -0.2) is 18.2 Å². The molecule has 6 unspecified atom stereocenters. The summed E-state index contributed by atoms with van der Waals surface area (Å²) in [5.74, 6) is 4.14. The highest BCUT2D eigenvalue weighted by atomic mass is 31.3. The van der Waals surface area contributed by atoms with Gasteiger partial charge >= 0.3 is 21.3 Å². The molecule has 0 radical (unpaired) electrons. The molecule has 1 aromatic carbocycles. The van der Waals surface area contributed by atoms with E-state index in [1.165, 1.54) is 0 Å². The maximum Gasteiger partial charge on any atom is 0.487 e. The number of nitrogens with one attached hydrogen (secondary N) is 2. The number of ether oxygens (including phenoxy) is 4. The third-order valence-corrected chi connectivity index (χ3v) is 11.3. The molecule has 334 valence electrons. The van der Waals surface area contributed by atoms with E-state index in [0.717, 1.165) is 16.3 Å². The molecule has 9 N–H and O–H groups in total. The molecule has 1 aliphatic rings. The van der Waals surface area contributed by atoms with Gasteiger partial charge < -0.3 is 60.6 Å². The first-order valence-corrected chi connectivity index (χ1v) is 21.8. The molecule has 0 aliphatic carbocycles. The molecule has 7 atom stereocenters. The highest BCUT2D eigenvalue weighted by Crippen LogP contribution is 2.65. The second-order valence-electron chi connectivity index (χ2n) is 12.0. The van der Waals surface area contributed by atoms with Crippen molar-refractivity contribution in [1.29, 1.82) is 0 Å². The SMILES string of the molecule is [N-]=[N+]=NCO[C@H]1CC(n2cc(C#CCNC(=O)COCCOC(CCc3cccc(C(=O)NCCN)c3)N=[N+]=[N-])c(N)nc2=O)OC1COP(=O)(O)OP(=O)(O)OP(=O)([O-])O. The number of benzene rings is 1. The second kappa shape index (κ2) is 24.6. The van der Waals surface area contributed by atoms with Crippen LogP contribution in [0, 0.1) is 11.8 Å². The lowest BCUT2D eigenvalue weighted by atomic mass is 10.1. The lowest BCUT2D eigenvalue weighted by Gasteiger charge is -2.22. The lowest BCUT2D eigenvalue weighted by Crippen LogP contribution is -2.30. The van der Waals surface area contributed by atoms with Crippen molar-refractivity contribution in [1.82, 2.24) is 20.2 Å². The number of phosphoric acid groups is 3. The minimum Gasteiger partial charge on any atom is -0.756 e. The van der Waals surface area contributed by atoms with Crippen molar-refractivity contribution in [3.05, 3.63) is 78.5 Å². The van der Waals surface area contributed by atoms with E-state index in [9.17, 15) is 42.8 Å². The van der Waals surface area contributed by atoms with E-state index in [1.54, 1.807) is 18.2 Å². The number of hydrogen-bond donors (Lipinski definition) is 7. The van der Waals surface area contributed by atoms with Gasteiger partial charge in [-0.15, -0.1) is 0 Å². The van der Waals surface area contributed by atoms with Crippen LogP contribution >= 0.6 is 23.5 Å². The summed E-state index contributed by atoms with van der Waals surface area (Å²) in [6.45, 7) is -1.55. The van der Waals surface area contributed by atoms with Gasteiger partial charge in [0.25, 0.3) is 13.7 Å². The van der Waals surface area contributed by atoms with Crippen molar-refractivity contribution < 1.29 is 75.0 Å². The smallest absolute Gasteiger partial charge is 0.487 e. The molecule has 61 heavy (non-hydrogen) atoms. The van der Waals surface area contributed by atoms with Gasteiger partial charge in [-0.05, 0) is 41.6 Å². The molecular formula is C29H40N12O17P3-. The number of phosphoric ester groups is 1. The molecule has 2 heterocycles. The van der Waals surface area contributed by atoms with Gasteiger partial charge in [-0.2, -0.15) is 9.29 Å². The predicted octanol–water partition coefficient (Wildman–Crippen LogP) is -0.0641. The molecule has 32 heteroatoms. The van der Waals surface area contributed by atoms with Crippen molar-refractivity contribution in [2.75, 3.05) is 58.5 Å². The minimum atomic E-state index is -5.89. The number of carbonyl (C=O) groups is 2. The number of nitrogens with two attached hydrogens (primary N) is 2. The van der Waals surface area contributed by atoms with E-state index in [0.29, 0.717) is 31.5 Å². The molecule has 1 fully saturated rings. The third kappa shape index (κ3) is 18.8. The van der Waals surface area contributed by atoms with Crippen LogP contribution in [0.2, 0.25) is 0 Å². The zero-order valence-corrected chi connectivity index (χ0v) is 34.3. The van der Waals surface area contributed by atoms with Crippen LogP contribution in [0.3, 0.4) is 0 Å². The topological polar surface area (TPSA) is 442 Å². The largest absolute Gasteiger partial charge is 0.756 e. The molecule has 2 amide bonds. The summed E-state index contributed by atoms with van der Waals surface area (Å²) in [6.07, 6.45) is -2.94. The van der Waals surface area contributed by atoms with Crippen LogP contribution < -0.4 is 32.7 Å². The van der Waals surface area contributed by atoms with Crippen LogP contribution in [0.15, 0.2) is 45.5 Å². The van der Waals surface area contributed by atoms with Gasteiger partial charge in [0.15, 0.2) is 0 Å². The van der Waals surface area contributed by atoms with Crippen molar-refractivity contribution in [3.63, 3.8) is 0 Å². The van der Waals surface area contributed by atoms with Crippen molar-refractivity contribution in [3.8, 4) is 11.8 Å². The van der Waals surface area contributed by atoms with Crippen molar-refractivity contribution >= 4 is 41.1 Å². The fourth-order valence-corrected chi connectivity index (χ4v) is 8.02. The molecule has 2 aromatic rings. The first-order valence-electron chi connectivity index (χ1n) is 17.3. The van der Waals surface area contributed by atoms with Crippen molar-refractivity contribution in [2.24, 2.45) is 16.0 Å². The van der Waals surface area contributed by atoms with E-state index in [-0.39, 0.29) is 50.1 Å². The molecule has 1 aliphatic heterocycles. The van der Waals surface area contributed by atoms with E-state index in [4.69, 9.17) is 46.4 Å². The Morgan fingerprint density at radius 1 is 1.15 bits per heavy atom. The molecule has 29 nitrogen and oxygen atoms in total. The molecule has 3 rings (SSSR count). The maximum absolute atomic E-state index is 12.8. The Balaban J connectivity index is 1.51. The average Bonchev–Trinajstić information content (AvgIpc) is 3.58. The normalized spacial score (nSPS) is 19.3. The molecule has 0 bridgehead atoms. The quantitative estimate of drug-likeness (QED) is 0.0171. The maximum atomic E-state index is 12.8. The summed E-state index contributed by atoms with van der Waals surface area (Å²) in [4.78, 5) is 84.8. The number of anilines is 1. The zero-order valence-electron chi connectivity index (χ0n) is 31.6. The molecule has 1 aromatic heterocycles. The summed E-state index contributed by atoms with van der Waals surface area (Å²) >= 11 is 0. The van der Waals surface area contributed by atoms with Gasteiger partial charge in [0.1, 0.15) is 37.7 Å². The van der Waals surface area contributed by atoms with Crippen LogP contribution in [0.25, 0.3) is 20.9 Å². The Morgan fingerprint density at radius 3 is 2.62 bits per heavy atom. The monoisotopic (exact) mass is 921 g/mol. The fourth-order valence-electron chi connectivity index (χ4n) is 5.02. The number of carbonyl (C=O) groups excluding carboxylic acids is 2. The highest BCUT2D eigenvalue weighted by molar-refractivity contribution is 7.66. The van der Waals surface area contributed by atoms with E-state index in [1.807, 2.05) is 6.07 Å². The second-order valence-corrected chi connectivity index (χ2v) is 16.3. The molecule has 0 saturated carbocycles. The van der Waals surface area contributed by atoms with E-state index >= 15 is 0 Å². The summed E-state index contributed by atoms with van der Waals surface area (Å²) in [5, 5.41) is 12.0. The Kier molecular flexibility index (Phi) is 20.4. The van der Waals surface area contributed by atoms with Gasteiger partial charge in [0, 0.05) is 41.1 Å². The van der Waals surface area contributed by atoms with Crippen LogP contribution in [-0.2, 0) is 57.0 Å². The number of nitrogens with zero attached hydrogens (tertiary/aromatic N) is 8. The standard InChI is InChI=1S/C29H41N12O17P3/c30-8-10-35-28(43)20-4-1-3-19(13-20)6-7-25(38-40-33)53-12-11-52-17-24(42)34-9-2-5-21-15-41(29(44)37-27(21)31)26-14-22(54-18-36-39-32)23(56-26)16-55-60(48,49)58-61(50,51)57-59(45,46)47/h1,3-4,13,15,22-23,25-26H,6-12,14,16-18,30H2,(H,34,42)(H,35,43)(H,48,49)(H,50,51)(H2,31,37,44)(H2,45,46,47)/p-1/t22-,23?,25?,26?/m0/s1. The van der Waals surface area contributed by atoms with Gasteiger partial charge in [0.2, 0.25) is 5.91 Å². The predicted molar refractivity (Wildman–Crippen MR) is 204 cm³/mol. The number of aryl methyl sites for hydroxylation is 1. The molecular weight excluding hydrogens is 881 g/mol. The summed E-state index contributed by atoms with van der Waals surface area (Å²) in [6, 6.07) is 6.91. The first-order chi connectivity index (χ1) is 28.8. The third-order valence-electron chi connectivity index (χ3n) is 7.54. The van der Waals surface area contributed by atoms with E-state index < -0.39 is 73.1 Å². The highest BCUT2D eigenvalue weighted by Gasteiger charge is 2.42. The molecule has 0 spiro atoms. The fraction of sp³-hybridized carbons (Fsp3) is 0.517. The molecule has 1 saturated heterocycles. The van der Waals surface area contributed by atoms with Gasteiger partial charge in [-0.1, -0.05) is 34.2 Å². The Labute approximate surface area is 344 Å². The summed E-state index contributed by atoms with van der Waals surface area (Å²) in [5.41, 5.74) is 29.1. The number of nitrogen functional groups attached to an aromatic ring is 1. The van der Waals surface area contributed by atoms with Gasteiger partial charge in [-0.3, -0.25) is 23.2 Å². The van der Waals surface area contributed by atoms with Crippen LogP contribution in [0.4, 0.5) is 5.82 Å². The minimum absolute atomic E-state index is 0.00102. The Hall–Kier alpha value is -4.77. The number of azide groups is 2. The summed E-state index contributed by atoms with van der Waals surface area (Å²) < 4.78 is 69.3. The number of rotatable bonds is 25. The lowest BCUT2D eigenvalue weighted by molar-refractivity contribution is -0.212. The van der Waals surface area contributed by atoms with Crippen molar-refractivity contribution in [2.45, 2.75) is 43.9 Å². The number of hydrogen-bond acceptors (Lipinski definition) is 19. The number of amides is 2. The van der Waals surface area contributed by atoms with Crippen LogP contribution in [0.1, 0.15) is 40.6 Å². The zero-order chi connectivity index (χ0) is 45.1. The Morgan fingerprint density at radius 2 is 1.92 bits per heavy atom. The van der Waals surface area contributed by atoms with Crippen LogP contribution in [0.5, 0.6) is 0 Å². The first kappa shape index (κ1) is 50.6. The van der Waals surface area contributed by atoms with Gasteiger partial charge in [0.05, 0.1) is 38.0 Å². The van der Waals surface area contributed by atoms with Crippen LogP contribution in [-0.4, -0.2) is 107 Å². The average molecular weight is 922 g/mol.